The van der Waals surface area contributed by atoms with Crippen molar-refractivity contribution < 1.29 is 0 Å². The first-order valence-electron chi connectivity index (χ1n) is 4.99. The van der Waals surface area contributed by atoms with Crippen molar-refractivity contribution >= 4 is 54.8 Å². The van der Waals surface area contributed by atoms with Gasteiger partial charge in [-0.2, -0.15) is 0 Å². The van der Waals surface area contributed by atoms with Gasteiger partial charge in [-0.3, -0.25) is 0 Å². The predicted octanol–water partition coefficient (Wildman–Crippen LogP) is 5.24. The van der Waals surface area contributed by atoms with Crippen molar-refractivity contribution in [3.63, 3.8) is 0 Å². The summed E-state index contributed by atoms with van der Waals surface area (Å²) >= 11 is 14.8. The summed E-state index contributed by atoms with van der Waals surface area (Å²) in [6, 6.07) is 10.2. The molecule has 90 valence electrons. The van der Waals surface area contributed by atoms with Gasteiger partial charge in [0.2, 0.25) is 0 Å². The van der Waals surface area contributed by atoms with Crippen LogP contribution in [0.15, 0.2) is 37.9 Å². The number of benzene rings is 1. The van der Waals surface area contributed by atoms with Crippen LogP contribution in [0.2, 0.25) is 5.02 Å². The maximum absolute atomic E-state index is 6.03. The molecule has 0 fully saturated rings. The van der Waals surface area contributed by atoms with Crippen LogP contribution in [0, 0.1) is 0 Å². The van der Waals surface area contributed by atoms with Crippen LogP contribution >= 0.6 is 54.8 Å². The van der Waals surface area contributed by atoms with E-state index < -0.39 is 0 Å². The summed E-state index contributed by atoms with van der Waals surface area (Å²) in [5.41, 5.74) is 2.37. The highest BCUT2D eigenvalue weighted by atomic mass is 79.9. The number of hydrogen-bond donors (Lipinski definition) is 1. The van der Waals surface area contributed by atoms with Crippen molar-refractivity contribution in [3.05, 3.63) is 54.1 Å². The Morgan fingerprint density at radius 3 is 2.59 bits per heavy atom. The van der Waals surface area contributed by atoms with Crippen molar-refractivity contribution in [3.8, 4) is 0 Å². The van der Waals surface area contributed by atoms with Gasteiger partial charge in [-0.05, 0) is 68.2 Å². The Morgan fingerprint density at radius 2 is 2.06 bits per heavy atom. The molecule has 0 saturated heterocycles. The van der Waals surface area contributed by atoms with Gasteiger partial charge < -0.3 is 5.32 Å². The fraction of sp³-hybridized carbons (Fsp3) is 0.167. The van der Waals surface area contributed by atoms with Crippen molar-refractivity contribution in [1.29, 1.82) is 0 Å². The standard InChI is InChI=1S/C12H10Br2ClNS/c1-16-11(7-3-2-4-8(15)5-7)9-6-10(13)17-12(9)14/h2-6,11,16H,1H3. The summed E-state index contributed by atoms with van der Waals surface area (Å²) in [5.74, 6) is 0. The summed E-state index contributed by atoms with van der Waals surface area (Å²) in [4.78, 5) is 0. The van der Waals surface area contributed by atoms with Crippen molar-refractivity contribution in [1.82, 2.24) is 5.32 Å². The molecular formula is C12H10Br2ClNS. The molecular weight excluding hydrogens is 385 g/mol. The van der Waals surface area contributed by atoms with Crippen LogP contribution in [0.3, 0.4) is 0 Å². The summed E-state index contributed by atoms with van der Waals surface area (Å²) in [6.45, 7) is 0. The van der Waals surface area contributed by atoms with Crippen LogP contribution in [-0.2, 0) is 0 Å². The van der Waals surface area contributed by atoms with Gasteiger partial charge in [0, 0.05) is 5.02 Å². The topological polar surface area (TPSA) is 12.0 Å². The Balaban J connectivity index is 2.43. The molecule has 0 aliphatic rings. The minimum Gasteiger partial charge on any atom is -0.309 e. The monoisotopic (exact) mass is 393 g/mol. The zero-order valence-electron chi connectivity index (χ0n) is 9.01. The SMILES string of the molecule is CNC(c1cccc(Cl)c1)c1cc(Br)sc1Br. The molecule has 1 aromatic heterocycles. The molecule has 1 unspecified atom stereocenters. The van der Waals surface area contributed by atoms with Crippen LogP contribution in [0.4, 0.5) is 0 Å². The van der Waals surface area contributed by atoms with E-state index in [1.807, 2.05) is 25.2 Å². The molecule has 1 aromatic carbocycles. The summed E-state index contributed by atoms with van der Waals surface area (Å²) in [6.07, 6.45) is 0. The fourth-order valence-electron chi connectivity index (χ4n) is 1.74. The maximum Gasteiger partial charge on any atom is 0.0761 e. The molecule has 1 atom stereocenters. The number of nitrogens with one attached hydrogen (secondary N) is 1. The molecule has 1 heterocycles. The number of thiophene rings is 1. The second kappa shape index (κ2) is 5.85. The highest BCUT2D eigenvalue weighted by Crippen LogP contribution is 2.38. The molecule has 0 amide bonds. The predicted molar refractivity (Wildman–Crippen MR) is 82.1 cm³/mol. The van der Waals surface area contributed by atoms with E-state index in [1.165, 1.54) is 5.56 Å². The highest BCUT2D eigenvalue weighted by molar-refractivity contribution is 9.12. The number of halogens is 3. The zero-order valence-corrected chi connectivity index (χ0v) is 13.8. The molecule has 0 radical (unpaired) electrons. The first-order chi connectivity index (χ1) is 8.11. The molecule has 2 aromatic rings. The first-order valence-corrected chi connectivity index (χ1v) is 7.77. The van der Waals surface area contributed by atoms with E-state index in [-0.39, 0.29) is 6.04 Å². The van der Waals surface area contributed by atoms with Gasteiger partial charge in [0.15, 0.2) is 0 Å². The van der Waals surface area contributed by atoms with Crippen molar-refractivity contribution in [2.24, 2.45) is 0 Å². The van der Waals surface area contributed by atoms with Crippen LogP contribution in [0.5, 0.6) is 0 Å². The van der Waals surface area contributed by atoms with E-state index in [4.69, 9.17) is 11.6 Å². The molecule has 0 aliphatic heterocycles. The minimum atomic E-state index is 0.144. The van der Waals surface area contributed by atoms with E-state index in [9.17, 15) is 0 Å². The largest absolute Gasteiger partial charge is 0.309 e. The lowest BCUT2D eigenvalue weighted by Crippen LogP contribution is -2.17. The third kappa shape index (κ3) is 3.12. The van der Waals surface area contributed by atoms with E-state index >= 15 is 0 Å². The summed E-state index contributed by atoms with van der Waals surface area (Å²) < 4.78 is 2.24. The van der Waals surface area contributed by atoms with E-state index in [0.29, 0.717) is 0 Å². The molecule has 2 rings (SSSR count). The normalized spacial score (nSPS) is 12.7. The van der Waals surface area contributed by atoms with E-state index in [0.717, 1.165) is 18.2 Å². The van der Waals surface area contributed by atoms with E-state index in [2.05, 4.69) is 49.3 Å². The van der Waals surface area contributed by atoms with Gasteiger partial charge in [-0.25, -0.2) is 0 Å². The Kier molecular flexibility index (Phi) is 4.66. The Morgan fingerprint density at radius 1 is 1.29 bits per heavy atom. The minimum absolute atomic E-state index is 0.144. The number of rotatable bonds is 3. The average molecular weight is 396 g/mol. The third-order valence-corrected chi connectivity index (χ3v) is 5.09. The Hall–Kier alpha value is 0.130. The highest BCUT2D eigenvalue weighted by Gasteiger charge is 2.17. The number of hydrogen-bond acceptors (Lipinski definition) is 2. The van der Waals surface area contributed by atoms with Crippen molar-refractivity contribution in [2.75, 3.05) is 7.05 Å². The van der Waals surface area contributed by atoms with Gasteiger partial charge in [0.1, 0.15) is 0 Å². The fourth-order valence-corrected chi connectivity index (χ4v) is 4.84. The zero-order chi connectivity index (χ0) is 12.4. The molecule has 0 spiro atoms. The smallest absolute Gasteiger partial charge is 0.0761 e. The Bertz CT molecular complexity index is 527. The van der Waals surface area contributed by atoms with E-state index in [1.54, 1.807) is 11.3 Å². The lowest BCUT2D eigenvalue weighted by molar-refractivity contribution is 0.692. The average Bonchev–Trinajstić information content (AvgIpc) is 2.59. The first kappa shape index (κ1) is 13.6. The third-order valence-electron chi connectivity index (χ3n) is 2.46. The maximum atomic E-state index is 6.03. The summed E-state index contributed by atoms with van der Waals surface area (Å²) in [5, 5.41) is 4.07. The molecule has 17 heavy (non-hydrogen) atoms. The second-order valence-electron chi connectivity index (χ2n) is 3.56. The van der Waals surface area contributed by atoms with Gasteiger partial charge in [-0.1, -0.05) is 23.7 Å². The van der Waals surface area contributed by atoms with Crippen molar-refractivity contribution in [2.45, 2.75) is 6.04 Å². The lowest BCUT2D eigenvalue weighted by Gasteiger charge is -2.16. The van der Waals surface area contributed by atoms with Gasteiger partial charge in [0.05, 0.1) is 13.6 Å². The summed E-state index contributed by atoms with van der Waals surface area (Å²) in [7, 11) is 1.95. The van der Waals surface area contributed by atoms with Crippen LogP contribution in [0.1, 0.15) is 17.2 Å². The van der Waals surface area contributed by atoms with Crippen LogP contribution in [0.25, 0.3) is 0 Å². The Labute approximate surface area is 126 Å². The quantitative estimate of drug-likeness (QED) is 0.750. The van der Waals surface area contributed by atoms with Gasteiger partial charge >= 0.3 is 0 Å². The molecule has 1 nitrogen and oxygen atoms in total. The molecule has 0 aliphatic carbocycles. The van der Waals surface area contributed by atoms with Crippen LogP contribution < -0.4 is 5.32 Å². The second-order valence-corrected chi connectivity index (χ2v) is 7.74. The molecule has 0 bridgehead atoms. The molecule has 5 heteroatoms. The van der Waals surface area contributed by atoms with Gasteiger partial charge in [0.25, 0.3) is 0 Å². The molecule has 0 saturated carbocycles. The lowest BCUT2D eigenvalue weighted by atomic mass is 10.0. The van der Waals surface area contributed by atoms with Gasteiger partial charge in [-0.15, -0.1) is 11.3 Å². The van der Waals surface area contributed by atoms with Crippen LogP contribution in [-0.4, -0.2) is 7.05 Å². The molecule has 1 N–H and O–H groups in total.